The SMILES string of the molecule is Cc1cc2c(C(C)c3ccccc3)ccc(C)c2[cH-]1.Cc1cc2c(C(C)c3ccccc3)ccc(C)c2[cH-]1.[Zr+2]. The predicted octanol–water partition coefficient (Wildman–Crippen LogP) is 10.7. The summed E-state index contributed by atoms with van der Waals surface area (Å²) in [5.74, 6) is 0.872. The van der Waals surface area contributed by atoms with Gasteiger partial charge in [-0.25, -0.2) is 0 Å². The Kier molecular flexibility index (Phi) is 9.24. The molecule has 1 heteroatoms. The average molecular weight is 586 g/mol. The Balaban J connectivity index is 0.000000176. The van der Waals surface area contributed by atoms with E-state index < -0.39 is 0 Å². The van der Waals surface area contributed by atoms with Crippen molar-refractivity contribution in [3.05, 3.63) is 154 Å². The van der Waals surface area contributed by atoms with Crippen LogP contribution in [0.4, 0.5) is 0 Å². The van der Waals surface area contributed by atoms with Gasteiger partial charge in [-0.15, -0.1) is 68.1 Å². The van der Waals surface area contributed by atoms with Gasteiger partial charge in [-0.1, -0.05) is 125 Å². The van der Waals surface area contributed by atoms with Crippen molar-refractivity contribution in [2.24, 2.45) is 0 Å². The van der Waals surface area contributed by atoms with E-state index in [4.69, 9.17) is 0 Å². The van der Waals surface area contributed by atoms with Gasteiger partial charge >= 0.3 is 26.2 Å². The third-order valence-corrected chi connectivity index (χ3v) is 8.10. The van der Waals surface area contributed by atoms with Crippen molar-refractivity contribution in [2.75, 3.05) is 0 Å². The van der Waals surface area contributed by atoms with Crippen LogP contribution in [0.3, 0.4) is 0 Å². The molecule has 39 heavy (non-hydrogen) atoms. The van der Waals surface area contributed by atoms with E-state index in [1.54, 1.807) is 0 Å². The van der Waals surface area contributed by atoms with Crippen LogP contribution in [0.15, 0.2) is 109 Å². The Labute approximate surface area is 253 Å². The number of hydrogen-bond acceptors (Lipinski definition) is 0. The Morgan fingerprint density at radius 1 is 0.487 bits per heavy atom. The van der Waals surface area contributed by atoms with E-state index in [2.05, 4.69) is 151 Å². The molecule has 0 aromatic heterocycles. The quantitative estimate of drug-likeness (QED) is 0.181. The van der Waals surface area contributed by atoms with Crippen molar-refractivity contribution in [1.82, 2.24) is 0 Å². The van der Waals surface area contributed by atoms with Crippen LogP contribution in [0.5, 0.6) is 0 Å². The van der Waals surface area contributed by atoms with E-state index in [9.17, 15) is 0 Å². The molecule has 6 aromatic carbocycles. The van der Waals surface area contributed by atoms with Crippen LogP contribution < -0.4 is 0 Å². The van der Waals surface area contributed by atoms with Crippen LogP contribution in [-0.2, 0) is 26.2 Å². The molecular formula is C38H38Zr. The van der Waals surface area contributed by atoms with E-state index in [0.29, 0.717) is 11.8 Å². The summed E-state index contributed by atoms with van der Waals surface area (Å²) in [5.41, 5.74) is 11.1. The summed E-state index contributed by atoms with van der Waals surface area (Å²) in [7, 11) is 0. The second-order valence-electron chi connectivity index (χ2n) is 10.9. The van der Waals surface area contributed by atoms with Crippen LogP contribution in [0.2, 0.25) is 0 Å². The molecule has 2 atom stereocenters. The minimum atomic E-state index is 0. The molecule has 0 fully saturated rings. The summed E-state index contributed by atoms with van der Waals surface area (Å²) in [6.07, 6.45) is 0. The van der Waals surface area contributed by atoms with Crippen LogP contribution in [0, 0.1) is 27.7 Å². The maximum atomic E-state index is 2.32. The maximum Gasteiger partial charge on any atom is 2.00 e. The molecule has 0 radical (unpaired) electrons. The normalized spacial score (nSPS) is 12.5. The standard InChI is InChI=1S/2C19H19.Zr/c2*1-13-11-18-14(2)9-10-17(19(18)12-13)15(3)16-7-5-4-6-8-16;/h2*4-12,15H,1-3H3;/q2*-1;+2. The minimum Gasteiger partial charge on any atom is -0.165 e. The molecule has 6 rings (SSSR count). The zero-order valence-corrected chi connectivity index (χ0v) is 26.5. The fraction of sp³-hybridized carbons (Fsp3) is 0.211. The van der Waals surface area contributed by atoms with Gasteiger partial charge in [0.05, 0.1) is 0 Å². The molecule has 0 N–H and O–H groups in total. The Bertz CT molecular complexity index is 1540. The van der Waals surface area contributed by atoms with E-state index in [0.717, 1.165) is 0 Å². The molecule has 194 valence electrons. The number of aryl methyl sites for hydroxylation is 4. The van der Waals surface area contributed by atoms with Gasteiger partial charge in [0, 0.05) is 0 Å². The molecular weight excluding hydrogens is 548 g/mol. The van der Waals surface area contributed by atoms with E-state index >= 15 is 0 Å². The topological polar surface area (TPSA) is 0 Å². The Morgan fingerprint density at radius 2 is 0.846 bits per heavy atom. The van der Waals surface area contributed by atoms with Crippen molar-refractivity contribution in [2.45, 2.75) is 53.4 Å². The van der Waals surface area contributed by atoms with Crippen molar-refractivity contribution in [1.29, 1.82) is 0 Å². The van der Waals surface area contributed by atoms with Gasteiger partial charge in [0.1, 0.15) is 0 Å². The molecule has 6 aromatic rings. The molecule has 2 unspecified atom stereocenters. The van der Waals surface area contributed by atoms with Crippen LogP contribution in [0.25, 0.3) is 21.5 Å². The summed E-state index contributed by atoms with van der Waals surface area (Å²) in [4.78, 5) is 0. The molecule has 0 saturated heterocycles. The Morgan fingerprint density at radius 3 is 1.21 bits per heavy atom. The fourth-order valence-corrected chi connectivity index (χ4v) is 5.82. The number of rotatable bonds is 4. The molecule has 0 amide bonds. The number of benzene rings is 4. The maximum absolute atomic E-state index is 2.32. The summed E-state index contributed by atoms with van der Waals surface area (Å²) in [6.45, 7) is 13.3. The third kappa shape index (κ3) is 6.10. The van der Waals surface area contributed by atoms with E-state index in [-0.39, 0.29) is 26.2 Å². The average Bonchev–Trinajstić information content (AvgIpc) is 3.53. The van der Waals surface area contributed by atoms with Crippen molar-refractivity contribution in [3.8, 4) is 0 Å². The summed E-state index contributed by atoms with van der Waals surface area (Å²) < 4.78 is 0. The fourth-order valence-electron chi connectivity index (χ4n) is 5.82. The first-order valence-electron chi connectivity index (χ1n) is 13.8. The van der Waals surface area contributed by atoms with Crippen LogP contribution in [-0.4, -0.2) is 0 Å². The van der Waals surface area contributed by atoms with Crippen LogP contribution >= 0.6 is 0 Å². The van der Waals surface area contributed by atoms with Crippen molar-refractivity contribution in [3.63, 3.8) is 0 Å². The number of hydrogen-bond donors (Lipinski definition) is 0. The van der Waals surface area contributed by atoms with Gasteiger partial charge in [0.15, 0.2) is 0 Å². The summed E-state index contributed by atoms with van der Waals surface area (Å²) in [6, 6.07) is 39.8. The smallest absolute Gasteiger partial charge is 0.165 e. The Hall–Kier alpha value is -3.02. The second-order valence-corrected chi connectivity index (χ2v) is 10.9. The van der Waals surface area contributed by atoms with Gasteiger partial charge in [-0.2, -0.15) is 12.1 Å². The van der Waals surface area contributed by atoms with Gasteiger partial charge in [-0.3, -0.25) is 0 Å². The molecule has 0 heterocycles. The molecule has 0 spiro atoms. The van der Waals surface area contributed by atoms with Crippen molar-refractivity contribution >= 4 is 21.5 Å². The first kappa shape index (κ1) is 29.0. The van der Waals surface area contributed by atoms with E-state index in [1.807, 2.05) is 0 Å². The molecule has 0 nitrogen and oxygen atoms in total. The predicted molar refractivity (Wildman–Crippen MR) is 166 cm³/mol. The molecule has 0 aliphatic heterocycles. The summed E-state index contributed by atoms with van der Waals surface area (Å²) >= 11 is 0. The van der Waals surface area contributed by atoms with Gasteiger partial charge in [0.2, 0.25) is 0 Å². The van der Waals surface area contributed by atoms with Gasteiger partial charge in [-0.05, 0) is 23.0 Å². The first-order valence-corrected chi connectivity index (χ1v) is 13.8. The van der Waals surface area contributed by atoms with Gasteiger partial charge in [0.25, 0.3) is 0 Å². The van der Waals surface area contributed by atoms with Gasteiger partial charge < -0.3 is 0 Å². The third-order valence-electron chi connectivity index (χ3n) is 8.10. The van der Waals surface area contributed by atoms with Crippen molar-refractivity contribution < 1.29 is 26.2 Å². The minimum absolute atomic E-state index is 0. The zero-order valence-electron chi connectivity index (χ0n) is 24.0. The largest absolute Gasteiger partial charge is 2.00 e. The first-order chi connectivity index (χ1) is 18.3. The second kappa shape index (κ2) is 12.4. The van der Waals surface area contributed by atoms with Crippen LogP contribution in [0.1, 0.15) is 70.2 Å². The summed E-state index contributed by atoms with van der Waals surface area (Å²) in [5, 5.41) is 5.62. The van der Waals surface area contributed by atoms with E-state index in [1.165, 1.54) is 66.1 Å². The monoisotopic (exact) mass is 584 g/mol. The number of fused-ring (bicyclic) bond motifs is 2. The molecule has 0 saturated carbocycles. The zero-order chi connectivity index (χ0) is 26.8. The molecule has 0 aliphatic carbocycles. The molecule has 0 aliphatic rings. The molecule has 0 bridgehead atoms.